The van der Waals surface area contributed by atoms with Gasteiger partial charge < -0.3 is 4.74 Å². The van der Waals surface area contributed by atoms with E-state index < -0.39 is 10.3 Å². The van der Waals surface area contributed by atoms with E-state index in [0.717, 1.165) is 17.5 Å². The highest BCUT2D eigenvalue weighted by Gasteiger charge is 1.93. The lowest BCUT2D eigenvalue weighted by molar-refractivity contribution is 0.361. The largest absolute Gasteiger partial charge is 0.334 e. The van der Waals surface area contributed by atoms with Gasteiger partial charge in [0.05, 0.1) is 6.61 Å². The molecular weight excluding hydrogens is 176 g/mol. The topological polar surface area (TPSA) is 43.4 Å². The minimum absolute atomic E-state index is 0.355. The van der Waals surface area contributed by atoms with Crippen LogP contribution in [0.3, 0.4) is 0 Å². The molecule has 0 N–H and O–H groups in total. The van der Waals surface area contributed by atoms with Crippen LogP contribution in [-0.2, 0) is 15.0 Å². The molecule has 0 aliphatic rings. The number of hydrogen-bond acceptors (Lipinski definition) is 3. The zero-order valence-electron chi connectivity index (χ0n) is 7.62. The summed E-state index contributed by atoms with van der Waals surface area (Å²) in [6.07, 6.45) is 0.968. The molecule has 70 valence electrons. The summed E-state index contributed by atoms with van der Waals surface area (Å²) in [5, 5.41) is 0. The molecule has 0 spiro atoms. The molecular formula is C8H14O3S. The van der Waals surface area contributed by atoms with Gasteiger partial charge in [-0.2, -0.15) is 8.42 Å². The van der Waals surface area contributed by atoms with Gasteiger partial charge in [-0.1, -0.05) is 12.5 Å². The van der Waals surface area contributed by atoms with Crippen molar-refractivity contribution in [2.75, 3.05) is 6.61 Å². The first-order valence-corrected chi connectivity index (χ1v) is 4.90. The second-order valence-electron chi connectivity index (χ2n) is 2.58. The quantitative estimate of drug-likeness (QED) is 0.497. The minimum atomic E-state index is -2.22. The van der Waals surface area contributed by atoms with Crippen LogP contribution >= 0.6 is 0 Å². The average Bonchev–Trinajstić information content (AvgIpc) is 2.02. The molecule has 0 fully saturated rings. The van der Waals surface area contributed by atoms with Crippen molar-refractivity contribution in [1.29, 1.82) is 0 Å². The maximum atomic E-state index is 10.0. The van der Waals surface area contributed by atoms with Crippen molar-refractivity contribution < 1.29 is 13.2 Å². The second-order valence-corrected chi connectivity index (χ2v) is 3.30. The number of rotatable bonds is 4. The Hall–Kier alpha value is -0.610. The Labute approximate surface area is 74.6 Å². The zero-order valence-corrected chi connectivity index (χ0v) is 8.44. The summed E-state index contributed by atoms with van der Waals surface area (Å²) in [5.41, 5.74) is 3.13. The summed E-state index contributed by atoms with van der Waals surface area (Å²) in [6, 6.07) is 0. The Kier molecular flexibility index (Phi) is 5.66. The van der Waals surface area contributed by atoms with Crippen LogP contribution in [0, 0.1) is 0 Å². The Morgan fingerprint density at radius 3 is 2.33 bits per heavy atom. The Balaban J connectivity index is 4.03. The van der Waals surface area contributed by atoms with Gasteiger partial charge >= 0.3 is 0 Å². The van der Waals surface area contributed by atoms with Crippen molar-refractivity contribution in [2.24, 2.45) is 0 Å². The predicted molar refractivity (Wildman–Crippen MR) is 49.6 cm³/mol. The van der Waals surface area contributed by atoms with E-state index in [-0.39, 0.29) is 0 Å². The van der Waals surface area contributed by atoms with Gasteiger partial charge in [0.15, 0.2) is 5.55 Å². The molecule has 4 heteroatoms. The molecule has 0 rings (SSSR count). The van der Waals surface area contributed by atoms with Crippen LogP contribution < -0.4 is 0 Å². The van der Waals surface area contributed by atoms with Crippen LogP contribution in [-0.4, -0.2) is 20.6 Å². The first kappa shape index (κ1) is 11.4. The van der Waals surface area contributed by atoms with Crippen LogP contribution in [0.1, 0.15) is 27.2 Å². The standard InChI is InChI=1S/C8H14O3S/c1-4-7(2)8(3)5-11-6-12(9)10/h6H,4-5H2,1-3H3/b8-7-. The molecule has 0 bridgehead atoms. The van der Waals surface area contributed by atoms with Crippen molar-refractivity contribution in [2.45, 2.75) is 27.2 Å². The molecule has 12 heavy (non-hydrogen) atoms. The molecule has 0 amide bonds. The SMILES string of the molecule is CC/C(C)=C(/C)COC=S(=O)=O. The smallest absolute Gasteiger partial charge is 0.237 e. The van der Waals surface area contributed by atoms with Gasteiger partial charge in [0.2, 0.25) is 10.3 Å². The molecule has 3 nitrogen and oxygen atoms in total. The van der Waals surface area contributed by atoms with E-state index in [4.69, 9.17) is 4.74 Å². The first-order chi connectivity index (χ1) is 5.57. The third kappa shape index (κ3) is 5.09. The van der Waals surface area contributed by atoms with Crippen LogP contribution in [0.2, 0.25) is 0 Å². The lowest BCUT2D eigenvalue weighted by Gasteiger charge is -2.02. The number of allylic oxidation sites excluding steroid dienone is 1. The maximum Gasteiger partial charge on any atom is 0.237 e. The summed E-state index contributed by atoms with van der Waals surface area (Å²) in [7, 11) is -2.22. The van der Waals surface area contributed by atoms with Gasteiger partial charge in [-0.25, -0.2) is 0 Å². The summed E-state index contributed by atoms with van der Waals surface area (Å²) in [4.78, 5) is 0. The third-order valence-electron chi connectivity index (χ3n) is 1.71. The Morgan fingerprint density at radius 1 is 1.33 bits per heavy atom. The van der Waals surface area contributed by atoms with Crippen molar-refractivity contribution in [3.63, 3.8) is 0 Å². The Morgan fingerprint density at radius 2 is 1.92 bits per heavy atom. The maximum absolute atomic E-state index is 10.0. The van der Waals surface area contributed by atoms with E-state index >= 15 is 0 Å². The van der Waals surface area contributed by atoms with Gasteiger partial charge in [0.1, 0.15) is 0 Å². The summed E-state index contributed by atoms with van der Waals surface area (Å²) in [6.45, 7) is 6.34. The average molecular weight is 190 g/mol. The third-order valence-corrected chi connectivity index (χ3v) is 2.00. The van der Waals surface area contributed by atoms with Crippen molar-refractivity contribution in [1.82, 2.24) is 0 Å². The monoisotopic (exact) mass is 190 g/mol. The van der Waals surface area contributed by atoms with Crippen LogP contribution in [0.25, 0.3) is 0 Å². The summed E-state index contributed by atoms with van der Waals surface area (Å²) < 4.78 is 24.8. The van der Waals surface area contributed by atoms with E-state index in [9.17, 15) is 8.42 Å². The normalized spacial score (nSPS) is 12.2. The minimum Gasteiger partial charge on any atom is -0.334 e. The van der Waals surface area contributed by atoms with E-state index in [1.807, 2.05) is 20.8 Å². The van der Waals surface area contributed by atoms with Crippen molar-refractivity contribution >= 4 is 15.8 Å². The number of hydrogen-bond donors (Lipinski definition) is 0. The first-order valence-electron chi connectivity index (χ1n) is 3.76. The zero-order chi connectivity index (χ0) is 9.56. The van der Waals surface area contributed by atoms with Gasteiger partial charge in [-0.3, -0.25) is 0 Å². The Bertz CT molecular complexity index is 277. The van der Waals surface area contributed by atoms with Crippen LogP contribution in [0.4, 0.5) is 0 Å². The molecule has 0 saturated heterocycles. The van der Waals surface area contributed by atoms with Gasteiger partial charge in [0, 0.05) is 0 Å². The molecule has 0 atom stereocenters. The van der Waals surface area contributed by atoms with Gasteiger partial charge in [0.25, 0.3) is 0 Å². The van der Waals surface area contributed by atoms with Crippen molar-refractivity contribution in [3.05, 3.63) is 11.1 Å². The fraction of sp³-hybridized carbons (Fsp3) is 0.625. The van der Waals surface area contributed by atoms with Crippen molar-refractivity contribution in [3.8, 4) is 0 Å². The molecule has 0 unspecified atom stereocenters. The van der Waals surface area contributed by atoms with E-state index in [1.165, 1.54) is 5.57 Å². The highest BCUT2D eigenvalue weighted by molar-refractivity contribution is 7.71. The molecule has 0 saturated carbocycles. The molecule has 0 aromatic carbocycles. The van der Waals surface area contributed by atoms with E-state index in [2.05, 4.69) is 0 Å². The molecule has 0 aromatic heterocycles. The molecule has 0 aliphatic heterocycles. The molecule has 0 heterocycles. The van der Waals surface area contributed by atoms with Crippen LogP contribution in [0.5, 0.6) is 0 Å². The highest BCUT2D eigenvalue weighted by Crippen LogP contribution is 2.06. The van der Waals surface area contributed by atoms with E-state index in [1.54, 1.807) is 0 Å². The number of ether oxygens (including phenoxy) is 1. The molecule has 0 aromatic rings. The van der Waals surface area contributed by atoms with E-state index in [0.29, 0.717) is 6.61 Å². The fourth-order valence-electron chi connectivity index (χ4n) is 0.640. The summed E-state index contributed by atoms with van der Waals surface area (Å²) >= 11 is 0. The molecule has 0 aliphatic carbocycles. The predicted octanol–water partition coefficient (Wildman–Crippen LogP) is 1.39. The van der Waals surface area contributed by atoms with Gasteiger partial charge in [-0.15, -0.1) is 0 Å². The van der Waals surface area contributed by atoms with Gasteiger partial charge in [-0.05, 0) is 25.8 Å². The lowest BCUT2D eigenvalue weighted by Crippen LogP contribution is -1.96. The highest BCUT2D eigenvalue weighted by atomic mass is 32.2. The fourth-order valence-corrected chi connectivity index (χ4v) is 0.819. The molecule has 0 radical (unpaired) electrons. The van der Waals surface area contributed by atoms with Crippen LogP contribution in [0.15, 0.2) is 11.1 Å². The second kappa shape index (κ2) is 5.97. The summed E-state index contributed by atoms with van der Waals surface area (Å²) in [5.74, 6) is 0. The lowest BCUT2D eigenvalue weighted by atomic mass is 10.1.